The van der Waals surface area contributed by atoms with Gasteiger partial charge in [-0.3, -0.25) is 4.79 Å². The Labute approximate surface area is 203 Å². The largest absolute Gasteiger partial charge is 0.398 e. The summed E-state index contributed by atoms with van der Waals surface area (Å²) in [5, 5.41) is 11.1. The van der Waals surface area contributed by atoms with Crippen LogP contribution >= 0.6 is 0 Å². The molecule has 1 saturated carbocycles. The van der Waals surface area contributed by atoms with E-state index in [0.29, 0.717) is 34.5 Å². The molecule has 5 rings (SSSR count). The summed E-state index contributed by atoms with van der Waals surface area (Å²) in [6.07, 6.45) is 7.80. The van der Waals surface area contributed by atoms with E-state index in [4.69, 9.17) is 5.73 Å². The van der Waals surface area contributed by atoms with Gasteiger partial charge < -0.3 is 20.2 Å². The first-order valence-electron chi connectivity index (χ1n) is 11.6. The number of nitrogens with one attached hydrogen (secondary N) is 1. The summed E-state index contributed by atoms with van der Waals surface area (Å²) in [7, 11) is 0. The summed E-state index contributed by atoms with van der Waals surface area (Å²) < 4.78 is 3.86. The Hall–Kier alpha value is -4.27. The molecule has 3 heterocycles. The second-order valence-corrected chi connectivity index (χ2v) is 9.23. The summed E-state index contributed by atoms with van der Waals surface area (Å²) in [6, 6.07) is 9.14. The van der Waals surface area contributed by atoms with Crippen LogP contribution in [0.15, 0.2) is 55.8 Å². The van der Waals surface area contributed by atoms with Crippen LogP contribution in [0.25, 0.3) is 22.8 Å². The van der Waals surface area contributed by atoms with Crippen LogP contribution in [0.2, 0.25) is 0 Å². The van der Waals surface area contributed by atoms with Gasteiger partial charge in [-0.15, -0.1) is 10.2 Å². The zero-order valence-corrected chi connectivity index (χ0v) is 20.1. The minimum absolute atomic E-state index is 0.175. The molecule has 1 fully saturated rings. The van der Waals surface area contributed by atoms with Gasteiger partial charge in [-0.25, -0.2) is 9.97 Å². The molecule has 178 valence electrons. The van der Waals surface area contributed by atoms with Gasteiger partial charge in [0.25, 0.3) is 5.91 Å². The number of carbonyl (C=O) groups excluding carboxylic acids is 1. The SMILES string of the molecule is C=C(C)c1cc(N)c(C(=O)Nc2cccc(-c3nncn3C(C)C)n2)cc1-n1cnc(C2CC2)c1. The molecule has 9 heteroatoms. The lowest BCUT2D eigenvalue weighted by molar-refractivity contribution is 0.102. The molecule has 0 spiro atoms. The fourth-order valence-corrected chi connectivity index (χ4v) is 4.03. The summed E-state index contributed by atoms with van der Waals surface area (Å²) in [5.74, 6) is 1.21. The number of carbonyl (C=O) groups is 1. The van der Waals surface area contributed by atoms with E-state index in [0.717, 1.165) is 22.5 Å². The number of imidazole rings is 1. The number of hydrogen-bond donors (Lipinski definition) is 2. The maximum Gasteiger partial charge on any atom is 0.258 e. The normalized spacial score (nSPS) is 13.3. The molecule has 1 aliphatic carbocycles. The van der Waals surface area contributed by atoms with E-state index in [1.165, 1.54) is 12.8 Å². The Morgan fingerprint density at radius 1 is 1.20 bits per heavy atom. The Bertz CT molecular complexity index is 1430. The third-order valence-corrected chi connectivity index (χ3v) is 6.10. The number of aromatic nitrogens is 6. The Morgan fingerprint density at radius 2 is 2.00 bits per heavy atom. The lowest BCUT2D eigenvalue weighted by Gasteiger charge is -2.15. The average molecular weight is 469 g/mol. The topological polar surface area (TPSA) is 117 Å². The lowest BCUT2D eigenvalue weighted by Crippen LogP contribution is -2.16. The fraction of sp³-hybridized carbons (Fsp3) is 0.269. The van der Waals surface area contributed by atoms with Crippen LogP contribution in [0.5, 0.6) is 0 Å². The molecule has 3 N–H and O–H groups in total. The molecular formula is C26H28N8O. The number of hydrogen-bond acceptors (Lipinski definition) is 6. The number of allylic oxidation sites excluding steroid dienone is 1. The van der Waals surface area contributed by atoms with Gasteiger partial charge in [0.1, 0.15) is 17.8 Å². The zero-order valence-electron chi connectivity index (χ0n) is 20.1. The van der Waals surface area contributed by atoms with Crippen molar-refractivity contribution in [2.24, 2.45) is 0 Å². The number of nitrogens with zero attached hydrogens (tertiary/aromatic N) is 6. The molecule has 0 atom stereocenters. The predicted molar refractivity (Wildman–Crippen MR) is 136 cm³/mol. The van der Waals surface area contributed by atoms with Crippen molar-refractivity contribution in [2.45, 2.75) is 45.6 Å². The smallest absolute Gasteiger partial charge is 0.258 e. The minimum Gasteiger partial charge on any atom is -0.398 e. The molecular weight excluding hydrogens is 440 g/mol. The van der Waals surface area contributed by atoms with E-state index in [1.807, 2.05) is 48.2 Å². The minimum atomic E-state index is -0.352. The summed E-state index contributed by atoms with van der Waals surface area (Å²) >= 11 is 0. The van der Waals surface area contributed by atoms with Crippen molar-refractivity contribution < 1.29 is 4.79 Å². The van der Waals surface area contributed by atoms with Crippen molar-refractivity contribution in [3.8, 4) is 17.2 Å². The van der Waals surface area contributed by atoms with Crippen molar-refractivity contribution in [2.75, 3.05) is 11.1 Å². The number of nitrogen functional groups attached to an aromatic ring is 1. The van der Waals surface area contributed by atoms with E-state index >= 15 is 0 Å². The summed E-state index contributed by atoms with van der Waals surface area (Å²) in [4.78, 5) is 22.4. The standard InChI is InChI=1S/C26H28N8O/c1-15(2)18-10-20(27)19(11-23(18)33-12-22(28-13-33)17-8-9-17)26(35)31-24-7-5-6-21(30-24)25-32-29-14-34(25)16(3)4/h5-7,10-14,16-17H,1,8-9,27H2,2-4H3,(H,30,31,35). The van der Waals surface area contributed by atoms with Crippen LogP contribution in [0.3, 0.4) is 0 Å². The highest BCUT2D eigenvalue weighted by molar-refractivity contribution is 6.08. The number of benzene rings is 1. The van der Waals surface area contributed by atoms with Gasteiger partial charge in [0.15, 0.2) is 5.82 Å². The van der Waals surface area contributed by atoms with Gasteiger partial charge in [-0.05, 0) is 63.5 Å². The van der Waals surface area contributed by atoms with Crippen LogP contribution in [-0.4, -0.2) is 35.2 Å². The van der Waals surface area contributed by atoms with Gasteiger partial charge in [0.05, 0.1) is 23.3 Å². The second kappa shape index (κ2) is 8.83. The molecule has 0 saturated heterocycles. The molecule has 9 nitrogen and oxygen atoms in total. The van der Waals surface area contributed by atoms with E-state index < -0.39 is 0 Å². The number of amides is 1. The molecule has 0 unspecified atom stereocenters. The fourth-order valence-electron chi connectivity index (χ4n) is 4.03. The molecule has 4 aromatic rings. The average Bonchev–Trinajstić information content (AvgIpc) is 3.34. The molecule has 35 heavy (non-hydrogen) atoms. The highest BCUT2D eigenvalue weighted by atomic mass is 16.1. The van der Waals surface area contributed by atoms with E-state index in [9.17, 15) is 4.79 Å². The molecule has 1 amide bonds. The van der Waals surface area contributed by atoms with E-state index in [-0.39, 0.29) is 11.9 Å². The van der Waals surface area contributed by atoms with Crippen molar-refractivity contribution in [3.63, 3.8) is 0 Å². The zero-order chi connectivity index (χ0) is 24.7. The maximum atomic E-state index is 13.3. The van der Waals surface area contributed by atoms with Gasteiger partial charge in [0, 0.05) is 29.4 Å². The Kier molecular flexibility index (Phi) is 5.68. The quantitative estimate of drug-likeness (QED) is 0.375. The van der Waals surface area contributed by atoms with Crippen molar-refractivity contribution in [3.05, 3.63) is 72.6 Å². The van der Waals surface area contributed by atoms with Gasteiger partial charge in [-0.1, -0.05) is 12.6 Å². The first-order chi connectivity index (χ1) is 16.8. The number of anilines is 2. The van der Waals surface area contributed by atoms with Gasteiger partial charge >= 0.3 is 0 Å². The lowest BCUT2D eigenvalue weighted by atomic mass is 10.0. The monoisotopic (exact) mass is 468 g/mol. The van der Waals surface area contributed by atoms with Crippen LogP contribution < -0.4 is 11.1 Å². The van der Waals surface area contributed by atoms with Crippen molar-refractivity contribution in [1.29, 1.82) is 0 Å². The van der Waals surface area contributed by atoms with Gasteiger partial charge in [0.2, 0.25) is 0 Å². The second-order valence-electron chi connectivity index (χ2n) is 9.23. The van der Waals surface area contributed by atoms with Gasteiger partial charge in [-0.2, -0.15) is 0 Å². The van der Waals surface area contributed by atoms with E-state index in [2.05, 4.69) is 32.1 Å². The van der Waals surface area contributed by atoms with Crippen LogP contribution in [0.1, 0.15) is 67.2 Å². The Morgan fingerprint density at radius 3 is 2.71 bits per heavy atom. The first kappa shape index (κ1) is 22.5. The highest BCUT2D eigenvalue weighted by Gasteiger charge is 2.26. The van der Waals surface area contributed by atoms with Crippen LogP contribution in [-0.2, 0) is 0 Å². The van der Waals surface area contributed by atoms with Crippen LogP contribution in [0.4, 0.5) is 11.5 Å². The molecule has 1 aromatic carbocycles. The third-order valence-electron chi connectivity index (χ3n) is 6.10. The number of nitrogens with two attached hydrogens (primary N) is 1. The maximum absolute atomic E-state index is 13.3. The Balaban J connectivity index is 1.46. The summed E-state index contributed by atoms with van der Waals surface area (Å²) in [6.45, 7) is 10.1. The molecule has 0 bridgehead atoms. The third kappa shape index (κ3) is 4.44. The van der Waals surface area contributed by atoms with Crippen molar-refractivity contribution >= 4 is 23.0 Å². The number of pyridine rings is 1. The van der Waals surface area contributed by atoms with Crippen molar-refractivity contribution in [1.82, 2.24) is 29.3 Å². The number of rotatable bonds is 7. The summed E-state index contributed by atoms with van der Waals surface area (Å²) in [5.41, 5.74) is 11.2. The first-order valence-corrected chi connectivity index (χ1v) is 11.6. The molecule has 1 aliphatic rings. The molecule has 0 radical (unpaired) electrons. The predicted octanol–water partition coefficient (Wildman–Crippen LogP) is 4.85. The molecule has 3 aromatic heterocycles. The highest BCUT2D eigenvalue weighted by Crippen LogP contribution is 2.39. The van der Waals surface area contributed by atoms with E-state index in [1.54, 1.807) is 30.9 Å². The molecule has 0 aliphatic heterocycles. The van der Waals surface area contributed by atoms with Crippen LogP contribution in [0, 0.1) is 0 Å².